The van der Waals surface area contributed by atoms with Gasteiger partial charge in [-0.25, -0.2) is 0 Å². The van der Waals surface area contributed by atoms with Crippen molar-refractivity contribution in [2.24, 2.45) is 5.73 Å². The summed E-state index contributed by atoms with van der Waals surface area (Å²) < 4.78 is 5.33. The van der Waals surface area contributed by atoms with E-state index in [1.54, 1.807) is 6.26 Å². The van der Waals surface area contributed by atoms with Gasteiger partial charge in [-0.2, -0.15) is 5.26 Å². The molecule has 3 heteroatoms. The van der Waals surface area contributed by atoms with Crippen molar-refractivity contribution in [2.45, 2.75) is 12.5 Å². The molecule has 2 rings (SSSR count). The van der Waals surface area contributed by atoms with Crippen LogP contribution in [0.3, 0.4) is 0 Å². The first-order valence-electron chi connectivity index (χ1n) is 4.41. The van der Waals surface area contributed by atoms with Crippen LogP contribution < -0.4 is 5.73 Å². The Hall–Kier alpha value is -1.79. The summed E-state index contributed by atoms with van der Waals surface area (Å²) in [6.45, 7) is 0. The second kappa shape index (κ2) is 3.52. The lowest BCUT2D eigenvalue weighted by atomic mass is 10.1. The first-order chi connectivity index (χ1) is 6.81. The van der Waals surface area contributed by atoms with Crippen LogP contribution in [-0.4, -0.2) is 6.04 Å². The number of hydrogen-bond donors (Lipinski definition) is 1. The van der Waals surface area contributed by atoms with Crippen LogP contribution >= 0.6 is 0 Å². The minimum absolute atomic E-state index is 0.462. The molecule has 0 spiro atoms. The molecule has 3 nitrogen and oxygen atoms in total. The molecule has 0 aliphatic rings. The third kappa shape index (κ3) is 1.48. The van der Waals surface area contributed by atoms with Crippen LogP contribution in [0.5, 0.6) is 0 Å². The first-order valence-corrected chi connectivity index (χ1v) is 4.41. The average molecular weight is 186 g/mol. The fourth-order valence-electron chi connectivity index (χ4n) is 1.47. The fourth-order valence-corrected chi connectivity index (χ4v) is 1.47. The maximum absolute atomic E-state index is 8.60. The summed E-state index contributed by atoms with van der Waals surface area (Å²) in [6.07, 6.45) is 2.20. The molecule has 0 saturated carbocycles. The van der Waals surface area contributed by atoms with E-state index in [0.717, 1.165) is 16.5 Å². The minimum Gasteiger partial charge on any atom is -0.464 e. The predicted octanol–water partition coefficient (Wildman–Crippen LogP) is 1.83. The van der Waals surface area contributed by atoms with Crippen LogP contribution in [0.2, 0.25) is 0 Å². The largest absolute Gasteiger partial charge is 0.464 e. The smallest absolute Gasteiger partial charge is 0.134 e. The Labute approximate surface area is 81.7 Å². The molecule has 1 atom stereocenters. The third-order valence-electron chi connectivity index (χ3n) is 2.17. The van der Waals surface area contributed by atoms with Crippen molar-refractivity contribution in [3.05, 3.63) is 36.1 Å². The van der Waals surface area contributed by atoms with E-state index >= 15 is 0 Å². The van der Waals surface area contributed by atoms with Gasteiger partial charge in [-0.15, -0.1) is 0 Å². The topological polar surface area (TPSA) is 63.0 Å². The summed E-state index contributed by atoms with van der Waals surface area (Å²) in [5, 5.41) is 9.64. The standard InChI is InChI=1S/C11H10N2O/c12-6-9(13)5-8-7-14-11-4-2-1-3-10(8)11/h1-4,7,9H,5,13H2. The summed E-state index contributed by atoms with van der Waals surface area (Å²) in [4.78, 5) is 0. The number of hydrogen-bond acceptors (Lipinski definition) is 3. The Balaban J connectivity index is 2.39. The maximum Gasteiger partial charge on any atom is 0.134 e. The lowest BCUT2D eigenvalue weighted by Gasteiger charge is -1.98. The Morgan fingerprint density at radius 1 is 1.43 bits per heavy atom. The van der Waals surface area contributed by atoms with Gasteiger partial charge in [0.05, 0.1) is 18.4 Å². The van der Waals surface area contributed by atoms with E-state index in [0.29, 0.717) is 6.42 Å². The highest BCUT2D eigenvalue weighted by molar-refractivity contribution is 5.80. The van der Waals surface area contributed by atoms with Crippen LogP contribution in [0.15, 0.2) is 34.9 Å². The predicted molar refractivity (Wildman–Crippen MR) is 53.5 cm³/mol. The molecule has 2 N–H and O–H groups in total. The van der Waals surface area contributed by atoms with Crippen LogP contribution in [0.4, 0.5) is 0 Å². The van der Waals surface area contributed by atoms with Crippen molar-refractivity contribution >= 4 is 11.0 Å². The van der Waals surface area contributed by atoms with Crippen molar-refractivity contribution in [3.63, 3.8) is 0 Å². The molecular formula is C11H10N2O. The van der Waals surface area contributed by atoms with E-state index in [4.69, 9.17) is 15.4 Å². The number of fused-ring (bicyclic) bond motifs is 1. The number of benzene rings is 1. The number of rotatable bonds is 2. The van der Waals surface area contributed by atoms with Crippen molar-refractivity contribution in [1.29, 1.82) is 5.26 Å². The zero-order chi connectivity index (χ0) is 9.97. The van der Waals surface area contributed by atoms with Crippen LogP contribution in [0, 0.1) is 11.3 Å². The Kier molecular flexibility index (Phi) is 2.21. The molecule has 14 heavy (non-hydrogen) atoms. The van der Waals surface area contributed by atoms with Gasteiger partial charge in [0.2, 0.25) is 0 Å². The summed E-state index contributed by atoms with van der Waals surface area (Å²) in [5.41, 5.74) is 7.39. The summed E-state index contributed by atoms with van der Waals surface area (Å²) in [7, 11) is 0. The fraction of sp³-hybridized carbons (Fsp3) is 0.182. The van der Waals surface area contributed by atoms with Gasteiger partial charge in [0, 0.05) is 17.4 Å². The van der Waals surface area contributed by atoms with E-state index in [-0.39, 0.29) is 0 Å². The van der Waals surface area contributed by atoms with Gasteiger partial charge in [-0.3, -0.25) is 0 Å². The number of nitrogens with two attached hydrogens (primary N) is 1. The van der Waals surface area contributed by atoms with Crippen molar-refractivity contribution in [2.75, 3.05) is 0 Å². The second-order valence-electron chi connectivity index (χ2n) is 3.20. The molecule has 2 aromatic rings. The molecule has 0 aliphatic heterocycles. The second-order valence-corrected chi connectivity index (χ2v) is 3.20. The van der Waals surface area contributed by atoms with Crippen molar-refractivity contribution < 1.29 is 4.42 Å². The maximum atomic E-state index is 8.60. The van der Waals surface area contributed by atoms with Gasteiger partial charge >= 0.3 is 0 Å². The molecule has 0 bridgehead atoms. The molecule has 0 saturated heterocycles. The lowest BCUT2D eigenvalue weighted by Crippen LogP contribution is -2.19. The van der Waals surface area contributed by atoms with Gasteiger partial charge in [0.25, 0.3) is 0 Å². The number of nitrogens with zero attached hydrogens (tertiary/aromatic N) is 1. The SMILES string of the molecule is N#CC(N)Cc1coc2ccccc12. The van der Waals surface area contributed by atoms with Gasteiger partial charge in [0.1, 0.15) is 5.58 Å². The van der Waals surface area contributed by atoms with E-state index in [2.05, 4.69) is 0 Å². The summed E-state index contributed by atoms with van der Waals surface area (Å²) in [6, 6.07) is 9.27. The molecule has 70 valence electrons. The molecule has 1 aromatic heterocycles. The zero-order valence-electron chi connectivity index (χ0n) is 7.60. The third-order valence-corrected chi connectivity index (χ3v) is 2.17. The molecule has 0 radical (unpaired) electrons. The van der Waals surface area contributed by atoms with E-state index in [1.807, 2.05) is 30.3 Å². The van der Waals surface area contributed by atoms with Crippen LogP contribution in [0.1, 0.15) is 5.56 Å². The molecule has 0 aliphatic carbocycles. The van der Waals surface area contributed by atoms with Gasteiger partial charge in [-0.1, -0.05) is 18.2 Å². The number of nitriles is 1. The van der Waals surface area contributed by atoms with E-state index in [9.17, 15) is 0 Å². The normalized spacial score (nSPS) is 12.6. The van der Waals surface area contributed by atoms with E-state index < -0.39 is 6.04 Å². The highest BCUT2D eigenvalue weighted by atomic mass is 16.3. The van der Waals surface area contributed by atoms with Gasteiger partial charge < -0.3 is 10.2 Å². The minimum atomic E-state index is -0.462. The highest BCUT2D eigenvalue weighted by Gasteiger charge is 2.08. The first kappa shape index (κ1) is 8.79. The monoisotopic (exact) mass is 186 g/mol. The molecule has 1 aromatic carbocycles. The van der Waals surface area contributed by atoms with E-state index in [1.165, 1.54) is 0 Å². The van der Waals surface area contributed by atoms with Gasteiger partial charge in [0.15, 0.2) is 0 Å². The molecular weight excluding hydrogens is 176 g/mol. The molecule has 0 fully saturated rings. The van der Waals surface area contributed by atoms with Crippen molar-refractivity contribution in [3.8, 4) is 6.07 Å². The van der Waals surface area contributed by atoms with Crippen molar-refractivity contribution in [1.82, 2.24) is 0 Å². The Morgan fingerprint density at radius 3 is 3.00 bits per heavy atom. The summed E-state index contributed by atoms with van der Waals surface area (Å²) >= 11 is 0. The lowest BCUT2D eigenvalue weighted by molar-refractivity contribution is 0.608. The average Bonchev–Trinajstić information content (AvgIpc) is 2.62. The van der Waals surface area contributed by atoms with Crippen LogP contribution in [0.25, 0.3) is 11.0 Å². The number of para-hydroxylation sites is 1. The summed E-state index contributed by atoms with van der Waals surface area (Å²) in [5.74, 6) is 0. The molecule has 1 heterocycles. The van der Waals surface area contributed by atoms with Gasteiger partial charge in [-0.05, 0) is 6.07 Å². The molecule has 0 amide bonds. The molecule has 1 unspecified atom stereocenters. The van der Waals surface area contributed by atoms with Crippen LogP contribution in [-0.2, 0) is 6.42 Å². The number of furan rings is 1. The quantitative estimate of drug-likeness (QED) is 0.778. The zero-order valence-corrected chi connectivity index (χ0v) is 7.60. The Bertz CT molecular complexity index is 481. The Morgan fingerprint density at radius 2 is 2.21 bits per heavy atom. The highest BCUT2D eigenvalue weighted by Crippen LogP contribution is 2.21.